The summed E-state index contributed by atoms with van der Waals surface area (Å²) in [6.07, 6.45) is 1.37. The number of anilines is 1. The molecular formula is C14H19NO3. The summed E-state index contributed by atoms with van der Waals surface area (Å²) in [7, 11) is 1.75. The minimum absolute atomic E-state index is 0.264. The summed E-state index contributed by atoms with van der Waals surface area (Å²) >= 11 is 0. The first-order valence-corrected chi connectivity index (χ1v) is 6.29. The van der Waals surface area contributed by atoms with Gasteiger partial charge in [0.2, 0.25) is 0 Å². The van der Waals surface area contributed by atoms with Crippen molar-refractivity contribution in [2.24, 2.45) is 0 Å². The van der Waals surface area contributed by atoms with E-state index in [1.54, 1.807) is 14.0 Å². The highest BCUT2D eigenvalue weighted by atomic mass is 16.5. The minimum Gasteiger partial charge on any atom is -0.462 e. The van der Waals surface area contributed by atoms with Crippen LogP contribution in [-0.2, 0) is 9.47 Å². The number of hydrogen-bond acceptors (Lipinski definition) is 4. The Labute approximate surface area is 107 Å². The second-order valence-electron chi connectivity index (χ2n) is 4.36. The van der Waals surface area contributed by atoms with Gasteiger partial charge in [-0.2, -0.15) is 0 Å². The van der Waals surface area contributed by atoms with Gasteiger partial charge in [0, 0.05) is 25.9 Å². The number of benzene rings is 1. The molecule has 1 atom stereocenters. The molecule has 98 valence electrons. The Kier molecular flexibility index (Phi) is 4.20. The molecule has 0 bridgehead atoms. The second kappa shape index (κ2) is 5.87. The quantitative estimate of drug-likeness (QED) is 0.766. The van der Waals surface area contributed by atoms with Crippen LogP contribution >= 0.6 is 0 Å². The molecule has 0 unspecified atom stereocenters. The smallest absolute Gasteiger partial charge is 0.338 e. The molecule has 1 aliphatic heterocycles. The van der Waals surface area contributed by atoms with E-state index in [1.807, 2.05) is 24.3 Å². The number of ether oxygens (including phenoxy) is 2. The Morgan fingerprint density at radius 2 is 2.11 bits per heavy atom. The average Bonchev–Trinajstić information content (AvgIpc) is 2.88. The molecule has 1 aromatic rings. The maximum absolute atomic E-state index is 11.5. The van der Waals surface area contributed by atoms with Crippen molar-refractivity contribution < 1.29 is 14.3 Å². The summed E-state index contributed by atoms with van der Waals surface area (Å²) in [5, 5.41) is 0. The molecule has 0 radical (unpaired) electrons. The van der Waals surface area contributed by atoms with E-state index in [1.165, 1.54) is 0 Å². The molecule has 1 fully saturated rings. The summed E-state index contributed by atoms with van der Waals surface area (Å²) in [4.78, 5) is 13.8. The van der Waals surface area contributed by atoms with Gasteiger partial charge in [0.1, 0.15) is 0 Å². The zero-order chi connectivity index (χ0) is 13.0. The molecule has 1 aromatic carbocycles. The third-order valence-electron chi connectivity index (χ3n) is 3.22. The molecule has 1 saturated heterocycles. The van der Waals surface area contributed by atoms with E-state index < -0.39 is 0 Å². The standard InChI is InChI=1S/C14H19NO3/c1-3-18-14(16)11-4-6-12(7-5-11)15-9-8-13(10-15)17-2/h4-7,13H,3,8-10H2,1-2H3/t13-/m1/s1. The van der Waals surface area contributed by atoms with Crippen molar-refractivity contribution >= 4 is 11.7 Å². The summed E-state index contributed by atoms with van der Waals surface area (Å²) < 4.78 is 10.3. The van der Waals surface area contributed by atoms with Gasteiger partial charge in [0.15, 0.2) is 0 Å². The Bertz CT molecular complexity index is 402. The number of carbonyl (C=O) groups excluding carboxylic acids is 1. The number of hydrogen-bond donors (Lipinski definition) is 0. The maximum atomic E-state index is 11.5. The van der Waals surface area contributed by atoms with Crippen molar-refractivity contribution in [2.45, 2.75) is 19.4 Å². The van der Waals surface area contributed by atoms with Crippen LogP contribution in [0.3, 0.4) is 0 Å². The molecular weight excluding hydrogens is 230 g/mol. The first kappa shape index (κ1) is 12.9. The highest BCUT2D eigenvalue weighted by molar-refractivity contribution is 5.89. The van der Waals surface area contributed by atoms with Gasteiger partial charge in [-0.25, -0.2) is 4.79 Å². The molecule has 18 heavy (non-hydrogen) atoms. The van der Waals surface area contributed by atoms with Gasteiger partial charge in [0.05, 0.1) is 18.3 Å². The lowest BCUT2D eigenvalue weighted by Gasteiger charge is -2.18. The fourth-order valence-electron chi connectivity index (χ4n) is 2.18. The molecule has 0 spiro atoms. The van der Waals surface area contributed by atoms with Crippen LogP contribution in [0.2, 0.25) is 0 Å². The zero-order valence-corrected chi connectivity index (χ0v) is 10.9. The number of esters is 1. The molecule has 4 nitrogen and oxygen atoms in total. The Morgan fingerprint density at radius 1 is 1.39 bits per heavy atom. The van der Waals surface area contributed by atoms with Crippen molar-refractivity contribution in [1.82, 2.24) is 0 Å². The number of methoxy groups -OCH3 is 1. The van der Waals surface area contributed by atoms with E-state index in [2.05, 4.69) is 4.90 Å². The highest BCUT2D eigenvalue weighted by Crippen LogP contribution is 2.22. The summed E-state index contributed by atoms with van der Waals surface area (Å²) in [5.41, 5.74) is 1.73. The molecule has 0 saturated carbocycles. The lowest BCUT2D eigenvalue weighted by molar-refractivity contribution is 0.0526. The lowest BCUT2D eigenvalue weighted by atomic mass is 10.2. The van der Waals surface area contributed by atoms with Crippen molar-refractivity contribution in [3.63, 3.8) is 0 Å². The molecule has 1 aliphatic rings. The first-order chi connectivity index (χ1) is 8.74. The molecule has 2 rings (SSSR count). The topological polar surface area (TPSA) is 38.8 Å². The summed E-state index contributed by atoms with van der Waals surface area (Å²) in [6.45, 7) is 4.12. The Balaban J connectivity index is 2.02. The maximum Gasteiger partial charge on any atom is 0.338 e. The van der Waals surface area contributed by atoms with Crippen molar-refractivity contribution in [3.05, 3.63) is 29.8 Å². The van der Waals surface area contributed by atoms with Crippen LogP contribution in [-0.4, -0.2) is 38.9 Å². The van der Waals surface area contributed by atoms with Gasteiger partial charge in [-0.05, 0) is 37.6 Å². The van der Waals surface area contributed by atoms with E-state index in [4.69, 9.17) is 9.47 Å². The minimum atomic E-state index is -0.264. The van der Waals surface area contributed by atoms with Crippen LogP contribution in [0, 0.1) is 0 Å². The van der Waals surface area contributed by atoms with E-state index in [-0.39, 0.29) is 5.97 Å². The predicted molar refractivity (Wildman–Crippen MR) is 70.0 cm³/mol. The third-order valence-corrected chi connectivity index (χ3v) is 3.22. The van der Waals surface area contributed by atoms with Crippen molar-refractivity contribution in [1.29, 1.82) is 0 Å². The average molecular weight is 249 g/mol. The van der Waals surface area contributed by atoms with Crippen molar-refractivity contribution in [3.8, 4) is 0 Å². The predicted octanol–water partition coefficient (Wildman–Crippen LogP) is 2.09. The molecule has 1 heterocycles. The van der Waals surface area contributed by atoms with E-state index in [9.17, 15) is 4.79 Å². The van der Waals surface area contributed by atoms with Gasteiger partial charge >= 0.3 is 5.97 Å². The van der Waals surface area contributed by atoms with Crippen LogP contribution in [0.25, 0.3) is 0 Å². The molecule has 0 aromatic heterocycles. The van der Waals surface area contributed by atoms with Crippen LogP contribution in [0.1, 0.15) is 23.7 Å². The molecule has 0 N–H and O–H groups in total. The van der Waals surface area contributed by atoms with Crippen LogP contribution in [0.5, 0.6) is 0 Å². The van der Waals surface area contributed by atoms with Crippen LogP contribution < -0.4 is 4.90 Å². The Morgan fingerprint density at radius 3 is 2.67 bits per heavy atom. The Hall–Kier alpha value is -1.55. The van der Waals surface area contributed by atoms with Gasteiger partial charge in [-0.1, -0.05) is 0 Å². The van der Waals surface area contributed by atoms with E-state index in [0.717, 1.165) is 25.2 Å². The lowest BCUT2D eigenvalue weighted by Crippen LogP contribution is -2.22. The van der Waals surface area contributed by atoms with Gasteiger partial charge < -0.3 is 14.4 Å². The SMILES string of the molecule is CCOC(=O)c1ccc(N2CC[C@@H](OC)C2)cc1. The zero-order valence-electron chi connectivity index (χ0n) is 10.9. The van der Waals surface area contributed by atoms with Gasteiger partial charge in [0.25, 0.3) is 0 Å². The molecule has 0 amide bonds. The molecule has 4 heteroatoms. The van der Waals surface area contributed by atoms with Gasteiger partial charge in [-0.3, -0.25) is 0 Å². The fourth-order valence-corrected chi connectivity index (χ4v) is 2.18. The molecule has 0 aliphatic carbocycles. The van der Waals surface area contributed by atoms with Crippen molar-refractivity contribution in [2.75, 3.05) is 31.7 Å². The third kappa shape index (κ3) is 2.82. The monoisotopic (exact) mass is 249 g/mol. The highest BCUT2D eigenvalue weighted by Gasteiger charge is 2.22. The second-order valence-corrected chi connectivity index (χ2v) is 4.36. The van der Waals surface area contributed by atoms with Crippen LogP contribution in [0.4, 0.5) is 5.69 Å². The number of carbonyl (C=O) groups is 1. The normalized spacial score (nSPS) is 19.0. The first-order valence-electron chi connectivity index (χ1n) is 6.29. The van der Waals surface area contributed by atoms with E-state index >= 15 is 0 Å². The number of rotatable bonds is 4. The van der Waals surface area contributed by atoms with Crippen LogP contribution in [0.15, 0.2) is 24.3 Å². The van der Waals surface area contributed by atoms with Gasteiger partial charge in [-0.15, -0.1) is 0 Å². The number of nitrogens with zero attached hydrogens (tertiary/aromatic N) is 1. The largest absolute Gasteiger partial charge is 0.462 e. The summed E-state index contributed by atoms with van der Waals surface area (Å²) in [5.74, 6) is -0.264. The van der Waals surface area contributed by atoms with E-state index in [0.29, 0.717) is 18.3 Å². The summed E-state index contributed by atoms with van der Waals surface area (Å²) in [6, 6.07) is 7.55. The fraction of sp³-hybridized carbons (Fsp3) is 0.500.